The van der Waals surface area contributed by atoms with Crippen LogP contribution >= 0.6 is 0 Å². The highest BCUT2D eigenvalue weighted by atomic mass is 19.2. The van der Waals surface area contributed by atoms with E-state index >= 15 is 0 Å². The van der Waals surface area contributed by atoms with Gasteiger partial charge in [-0.3, -0.25) is 0 Å². The minimum atomic E-state index is -1.43. The largest absolute Gasteiger partial charge is 0.383 e. The summed E-state index contributed by atoms with van der Waals surface area (Å²) in [6.45, 7) is 1.33. The van der Waals surface area contributed by atoms with Crippen molar-refractivity contribution in [2.75, 3.05) is 18.5 Å². The third kappa shape index (κ3) is 3.16. The zero-order valence-electron chi connectivity index (χ0n) is 10.0. The molecule has 1 saturated heterocycles. The van der Waals surface area contributed by atoms with Crippen LogP contribution in [0.1, 0.15) is 25.7 Å². The van der Waals surface area contributed by atoms with Crippen molar-refractivity contribution < 1.29 is 17.9 Å². The first-order chi connectivity index (χ1) is 8.68. The number of halogens is 3. The molecule has 1 N–H and O–H groups in total. The van der Waals surface area contributed by atoms with E-state index in [1.165, 1.54) is 6.07 Å². The van der Waals surface area contributed by atoms with Gasteiger partial charge in [-0.1, -0.05) is 0 Å². The molecule has 5 heteroatoms. The number of nitrogens with one attached hydrogen (secondary N) is 1. The maximum absolute atomic E-state index is 13.3. The minimum Gasteiger partial charge on any atom is -0.383 e. The Morgan fingerprint density at radius 3 is 2.78 bits per heavy atom. The highest BCUT2D eigenvalue weighted by Gasteiger charge is 2.15. The summed E-state index contributed by atoms with van der Waals surface area (Å²) in [5.74, 6) is -3.76. The molecule has 1 unspecified atom stereocenters. The van der Waals surface area contributed by atoms with Gasteiger partial charge in [0.2, 0.25) is 0 Å². The van der Waals surface area contributed by atoms with E-state index in [-0.39, 0.29) is 5.69 Å². The second-order valence-corrected chi connectivity index (χ2v) is 4.43. The van der Waals surface area contributed by atoms with Crippen LogP contribution in [0.15, 0.2) is 12.1 Å². The lowest BCUT2D eigenvalue weighted by Gasteiger charge is -2.11. The lowest BCUT2D eigenvalue weighted by molar-refractivity contribution is 0.103. The second kappa shape index (κ2) is 6.09. The average Bonchev–Trinajstić information content (AvgIpc) is 2.87. The summed E-state index contributed by atoms with van der Waals surface area (Å²) < 4.78 is 44.4. The zero-order valence-corrected chi connectivity index (χ0v) is 10.0. The van der Waals surface area contributed by atoms with Gasteiger partial charge >= 0.3 is 0 Å². The molecule has 1 aliphatic rings. The van der Waals surface area contributed by atoms with Crippen LogP contribution in [-0.4, -0.2) is 19.3 Å². The summed E-state index contributed by atoms with van der Waals surface area (Å²) in [4.78, 5) is 0. The van der Waals surface area contributed by atoms with Crippen molar-refractivity contribution in [3.8, 4) is 0 Å². The SMILES string of the molecule is Fc1ccc(NCCCC2CCCO2)c(F)c1F. The average molecular weight is 259 g/mol. The summed E-state index contributed by atoms with van der Waals surface area (Å²) in [6, 6.07) is 2.13. The first kappa shape index (κ1) is 13.2. The molecule has 0 aliphatic carbocycles. The molecule has 0 bridgehead atoms. The van der Waals surface area contributed by atoms with E-state index in [0.29, 0.717) is 12.6 Å². The monoisotopic (exact) mass is 259 g/mol. The van der Waals surface area contributed by atoms with Crippen molar-refractivity contribution in [3.63, 3.8) is 0 Å². The number of anilines is 1. The molecule has 1 aromatic rings. The molecular formula is C13H16F3NO. The van der Waals surface area contributed by atoms with Gasteiger partial charge in [-0.25, -0.2) is 13.2 Å². The summed E-state index contributed by atoms with van der Waals surface area (Å²) in [6.07, 6.45) is 4.17. The fourth-order valence-corrected chi connectivity index (χ4v) is 2.09. The van der Waals surface area contributed by atoms with Crippen LogP contribution in [0.2, 0.25) is 0 Å². The van der Waals surface area contributed by atoms with E-state index in [0.717, 1.165) is 38.4 Å². The Morgan fingerprint density at radius 1 is 1.22 bits per heavy atom. The Labute approximate surface area is 104 Å². The van der Waals surface area contributed by atoms with Crippen LogP contribution < -0.4 is 5.32 Å². The first-order valence-electron chi connectivity index (χ1n) is 6.17. The molecule has 1 aromatic carbocycles. The smallest absolute Gasteiger partial charge is 0.196 e. The maximum Gasteiger partial charge on any atom is 0.196 e. The van der Waals surface area contributed by atoms with Gasteiger partial charge in [0.1, 0.15) is 0 Å². The molecule has 1 fully saturated rings. The van der Waals surface area contributed by atoms with Crippen LogP contribution in [0, 0.1) is 17.5 Å². The number of ether oxygens (including phenoxy) is 1. The summed E-state index contributed by atoms with van der Waals surface area (Å²) in [7, 11) is 0. The van der Waals surface area contributed by atoms with Crippen LogP contribution in [0.5, 0.6) is 0 Å². The van der Waals surface area contributed by atoms with Crippen molar-refractivity contribution in [3.05, 3.63) is 29.6 Å². The predicted molar refractivity (Wildman–Crippen MR) is 63.0 cm³/mol. The van der Waals surface area contributed by atoms with Crippen molar-refractivity contribution in [1.29, 1.82) is 0 Å². The van der Waals surface area contributed by atoms with E-state index in [2.05, 4.69) is 5.32 Å². The highest BCUT2D eigenvalue weighted by molar-refractivity contribution is 5.45. The van der Waals surface area contributed by atoms with Crippen LogP contribution in [0.3, 0.4) is 0 Å². The van der Waals surface area contributed by atoms with Crippen molar-refractivity contribution >= 4 is 5.69 Å². The van der Waals surface area contributed by atoms with Gasteiger partial charge in [-0.15, -0.1) is 0 Å². The van der Waals surface area contributed by atoms with Gasteiger partial charge in [0, 0.05) is 13.2 Å². The van der Waals surface area contributed by atoms with Gasteiger partial charge in [0.05, 0.1) is 11.8 Å². The molecule has 1 aliphatic heterocycles. The van der Waals surface area contributed by atoms with Gasteiger partial charge in [-0.05, 0) is 37.8 Å². The Hall–Kier alpha value is -1.23. The summed E-state index contributed by atoms with van der Waals surface area (Å²) in [5.41, 5.74) is 0.00115. The topological polar surface area (TPSA) is 21.3 Å². The molecule has 0 amide bonds. The number of benzene rings is 1. The van der Waals surface area contributed by atoms with Crippen LogP contribution in [0.25, 0.3) is 0 Å². The maximum atomic E-state index is 13.3. The Morgan fingerprint density at radius 2 is 2.06 bits per heavy atom. The summed E-state index contributed by atoms with van der Waals surface area (Å²) in [5, 5.41) is 2.77. The molecule has 0 radical (unpaired) electrons. The second-order valence-electron chi connectivity index (χ2n) is 4.43. The van der Waals surface area contributed by atoms with E-state index < -0.39 is 17.5 Å². The molecule has 0 spiro atoms. The number of hydrogen-bond acceptors (Lipinski definition) is 2. The third-order valence-corrected chi connectivity index (χ3v) is 3.08. The Bertz CT molecular complexity index is 405. The fraction of sp³-hybridized carbons (Fsp3) is 0.538. The molecule has 100 valence electrons. The number of hydrogen-bond donors (Lipinski definition) is 1. The van der Waals surface area contributed by atoms with Crippen molar-refractivity contribution in [1.82, 2.24) is 0 Å². The zero-order chi connectivity index (χ0) is 13.0. The fourth-order valence-electron chi connectivity index (χ4n) is 2.09. The lowest BCUT2D eigenvalue weighted by Crippen LogP contribution is -2.10. The molecule has 1 atom stereocenters. The van der Waals surface area contributed by atoms with Crippen molar-refractivity contribution in [2.45, 2.75) is 31.8 Å². The van der Waals surface area contributed by atoms with Gasteiger partial charge in [0.25, 0.3) is 0 Å². The quantitative estimate of drug-likeness (QED) is 0.645. The minimum absolute atomic E-state index is 0.00115. The predicted octanol–water partition coefficient (Wildman–Crippen LogP) is 3.48. The molecule has 0 saturated carbocycles. The van der Waals surface area contributed by atoms with Crippen LogP contribution in [0.4, 0.5) is 18.9 Å². The van der Waals surface area contributed by atoms with E-state index in [1.54, 1.807) is 0 Å². The van der Waals surface area contributed by atoms with Gasteiger partial charge in [-0.2, -0.15) is 0 Å². The molecule has 2 nitrogen and oxygen atoms in total. The standard InChI is InChI=1S/C13H16F3NO/c14-10-5-6-11(13(16)12(10)15)17-7-1-3-9-4-2-8-18-9/h5-6,9,17H,1-4,7-8H2. The normalized spacial score (nSPS) is 19.2. The van der Waals surface area contributed by atoms with E-state index in [9.17, 15) is 13.2 Å². The third-order valence-electron chi connectivity index (χ3n) is 3.08. The van der Waals surface area contributed by atoms with Crippen LogP contribution in [-0.2, 0) is 4.74 Å². The molecule has 2 rings (SSSR count). The first-order valence-corrected chi connectivity index (χ1v) is 6.17. The van der Waals surface area contributed by atoms with Gasteiger partial charge in [0.15, 0.2) is 17.5 Å². The Kier molecular flexibility index (Phi) is 4.47. The summed E-state index contributed by atoms with van der Waals surface area (Å²) >= 11 is 0. The van der Waals surface area contributed by atoms with E-state index in [1.807, 2.05) is 0 Å². The molecule has 1 heterocycles. The molecular weight excluding hydrogens is 243 g/mol. The van der Waals surface area contributed by atoms with Gasteiger partial charge < -0.3 is 10.1 Å². The lowest BCUT2D eigenvalue weighted by atomic mass is 10.1. The molecule has 0 aromatic heterocycles. The van der Waals surface area contributed by atoms with Crippen molar-refractivity contribution in [2.24, 2.45) is 0 Å². The van der Waals surface area contributed by atoms with E-state index in [4.69, 9.17) is 4.74 Å². The highest BCUT2D eigenvalue weighted by Crippen LogP contribution is 2.20. The Balaban J connectivity index is 1.77. The number of rotatable bonds is 5. The molecule has 18 heavy (non-hydrogen) atoms.